The highest BCUT2D eigenvalue weighted by molar-refractivity contribution is 5.92. The molecule has 0 saturated carbocycles. The van der Waals surface area contributed by atoms with E-state index in [1.54, 1.807) is 26.4 Å². The number of carbonyl (C=O) groups excluding carboxylic acids is 1. The fraction of sp³-hybridized carbons (Fsp3) is 0.417. The number of nitrogens with two attached hydrogens (primary N) is 1. The molecule has 0 bridgehead atoms. The molecule has 0 aromatic heterocycles. The molecule has 5 nitrogen and oxygen atoms in total. The lowest BCUT2D eigenvalue weighted by molar-refractivity contribution is -0.0989. The fourth-order valence-corrected chi connectivity index (χ4v) is 1.38. The standard InChI is InChI=1S/C12H18N2O3/c1-16-11(17-2)8-14-7-9-3-5-10(6-4-9)12(13)15/h3-6,11,14H,7-8H2,1-2H3,(H2,13,15). The number of benzene rings is 1. The largest absolute Gasteiger partial charge is 0.366 e. The molecule has 0 fully saturated rings. The minimum atomic E-state index is -0.414. The van der Waals surface area contributed by atoms with Gasteiger partial charge in [-0.25, -0.2) is 0 Å². The van der Waals surface area contributed by atoms with Crippen LogP contribution in [0.5, 0.6) is 0 Å². The van der Waals surface area contributed by atoms with Crippen molar-refractivity contribution in [2.24, 2.45) is 5.73 Å². The summed E-state index contributed by atoms with van der Waals surface area (Å²) >= 11 is 0. The molecule has 0 spiro atoms. The van der Waals surface area contributed by atoms with E-state index >= 15 is 0 Å². The molecule has 0 radical (unpaired) electrons. The molecule has 0 saturated heterocycles. The molecular formula is C12H18N2O3. The van der Waals surface area contributed by atoms with Crippen LogP contribution >= 0.6 is 0 Å². The van der Waals surface area contributed by atoms with E-state index in [-0.39, 0.29) is 6.29 Å². The Hall–Kier alpha value is -1.43. The summed E-state index contributed by atoms with van der Waals surface area (Å²) in [7, 11) is 3.19. The first-order valence-electron chi connectivity index (χ1n) is 5.32. The summed E-state index contributed by atoms with van der Waals surface area (Å²) in [5.41, 5.74) is 6.74. The van der Waals surface area contributed by atoms with Gasteiger partial charge in [0.25, 0.3) is 0 Å². The van der Waals surface area contributed by atoms with Crippen LogP contribution in [0.15, 0.2) is 24.3 Å². The Morgan fingerprint density at radius 3 is 2.35 bits per heavy atom. The third kappa shape index (κ3) is 4.52. The molecule has 0 heterocycles. The first-order chi connectivity index (χ1) is 8.17. The predicted molar refractivity (Wildman–Crippen MR) is 64.5 cm³/mol. The molecule has 1 rings (SSSR count). The van der Waals surface area contributed by atoms with Crippen LogP contribution in [0.3, 0.4) is 0 Å². The Kier molecular flexibility index (Phi) is 5.62. The number of carbonyl (C=O) groups is 1. The molecule has 94 valence electrons. The van der Waals surface area contributed by atoms with Crippen molar-refractivity contribution < 1.29 is 14.3 Å². The molecule has 3 N–H and O–H groups in total. The summed E-state index contributed by atoms with van der Waals surface area (Å²) in [4.78, 5) is 10.9. The summed E-state index contributed by atoms with van der Waals surface area (Å²) in [6.45, 7) is 1.28. The van der Waals surface area contributed by atoms with E-state index < -0.39 is 5.91 Å². The molecule has 0 unspecified atom stereocenters. The number of methoxy groups -OCH3 is 2. The van der Waals surface area contributed by atoms with E-state index in [2.05, 4.69) is 5.32 Å². The number of amides is 1. The number of ether oxygens (including phenoxy) is 2. The summed E-state index contributed by atoms with van der Waals surface area (Å²) in [5, 5.41) is 3.19. The molecule has 0 aliphatic carbocycles. The van der Waals surface area contributed by atoms with Crippen molar-refractivity contribution >= 4 is 5.91 Å². The average molecular weight is 238 g/mol. The van der Waals surface area contributed by atoms with E-state index in [0.29, 0.717) is 18.7 Å². The van der Waals surface area contributed by atoms with Crippen LogP contribution in [-0.2, 0) is 16.0 Å². The van der Waals surface area contributed by atoms with Gasteiger partial charge in [0.15, 0.2) is 6.29 Å². The second kappa shape index (κ2) is 7.01. The summed E-state index contributed by atoms with van der Waals surface area (Å²) in [6, 6.07) is 7.15. The molecule has 1 aromatic rings. The molecule has 17 heavy (non-hydrogen) atoms. The molecule has 5 heteroatoms. The minimum Gasteiger partial charge on any atom is -0.366 e. The van der Waals surface area contributed by atoms with Gasteiger partial charge in [-0.15, -0.1) is 0 Å². The lowest BCUT2D eigenvalue weighted by Crippen LogP contribution is -2.29. The van der Waals surface area contributed by atoms with Crippen molar-refractivity contribution in [1.29, 1.82) is 0 Å². The molecule has 0 aliphatic rings. The SMILES string of the molecule is COC(CNCc1ccc(C(N)=O)cc1)OC. The molecule has 1 aromatic carbocycles. The summed E-state index contributed by atoms with van der Waals surface area (Å²) < 4.78 is 10.1. The Labute approximate surface area is 101 Å². The number of rotatable bonds is 7. The van der Waals surface area contributed by atoms with Gasteiger partial charge in [-0.2, -0.15) is 0 Å². The second-order valence-corrected chi connectivity index (χ2v) is 3.59. The summed E-state index contributed by atoms with van der Waals surface area (Å²) in [5.74, 6) is -0.414. The van der Waals surface area contributed by atoms with Crippen molar-refractivity contribution in [3.05, 3.63) is 35.4 Å². The normalized spacial score (nSPS) is 10.8. The van der Waals surface area contributed by atoms with Gasteiger partial charge in [-0.05, 0) is 17.7 Å². The van der Waals surface area contributed by atoms with Crippen LogP contribution in [-0.4, -0.2) is 33.0 Å². The molecule has 0 aliphatic heterocycles. The highest BCUT2D eigenvalue weighted by Gasteiger charge is 2.04. The van der Waals surface area contributed by atoms with Crippen LogP contribution in [0, 0.1) is 0 Å². The molecular weight excluding hydrogens is 220 g/mol. The number of nitrogens with one attached hydrogen (secondary N) is 1. The molecule has 1 amide bonds. The zero-order chi connectivity index (χ0) is 12.7. The zero-order valence-electron chi connectivity index (χ0n) is 10.1. The van der Waals surface area contributed by atoms with E-state index in [1.165, 1.54) is 0 Å². The van der Waals surface area contributed by atoms with Crippen molar-refractivity contribution in [2.45, 2.75) is 12.8 Å². The van der Waals surface area contributed by atoms with Crippen molar-refractivity contribution in [1.82, 2.24) is 5.32 Å². The van der Waals surface area contributed by atoms with Gasteiger partial charge in [-0.3, -0.25) is 4.79 Å². The fourth-order valence-electron chi connectivity index (χ4n) is 1.38. The van der Waals surface area contributed by atoms with Crippen molar-refractivity contribution in [3.8, 4) is 0 Å². The highest BCUT2D eigenvalue weighted by atomic mass is 16.7. The van der Waals surface area contributed by atoms with Crippen LogP contribution < -0.4 is 11.1 Å². The first kappa shape index (κ1) is 13.6. The Morgan fingerprint density at radius 1 is 1.29 bits per heavy atom. The topological polar surface area (TPSA) is 73.6 Å². The van der Waals surface area contributed by atoms with Gasteiger partial charge < -0.3 is 20.5 Å². The van der Waals surface area contributed by atoms with Gasteiger partial charge in [-0.1, -0.05) is 12.1 Å². The quantitative estimate of drug-likeness (QED) is 0.678. The van der Waals surface area contributed by atoms with E-state index in [0.717, 1.165) is 5.56 Å². The number of primary amides is 1. The summed E-state index contributed by atoms with van der Waals surface area (Å²) in [6.07, 6.45) is -0.250. The minimum absolute atomic E-state index is 0.250. The van der Waals surface area contributed by atoms with E-state index in [4.69, 9.17) is 15.2 Å². The monoisotopic (exact) mass is 238 g/mol. The lowest BCUT2D eigenvalue weighted by Gasteiger charge is -2.14. The maximum absolute atomic E-state index is 10.9. The van der Waals surface area contributed by atoms with E-state index in [9.17, 15) is 4.79 Å². The van der Waals surface area contributed by atoms with Gasteiger partial charge in [0.05, 0.1) is 0 Å². The van der Waals surface area contributed by atoms with Gasteiger partial charge in [0.1, 0.15) is 0 Å². The van der Waals surface area contributed by atoms with Crippen LogP contribution in [0.1, 0.15) is 15.9 Å². The van der Waals surface area contributed by atoms with Gasteiger partial charge in [0.2, 0.25) is 5.91 Å². The number of hydrogen-bond acceptors (Lipinski definition) is 4. The Bertz CT molecular complexity index is 347. The second-order valence-electron chi connectivity index (χ2n) is 3.59. The zero-order valence-corrected chi connectivity index (χ0v) is 10.1. The Morgan fingerprint density at radius 2 is 1.88 bits per heavy atom. The van der Waals surface area contributed by atoms with E-state index in [1.807, 2.05) is 12.1 Å². The third-order valence-electron chi connectivity index (χ3n) is 2.40. The third-order valence-corrected chi connectivity index (χ3v) is 2.40. The first-order valence-corrected chi connectivity index (χ1v) is 5.32. The maximum atomic E-state index is 10.9. The van der Waals surface area contributed by atoms with Crippen molar-refractivity contribution in [2.75, 3.05) is 20.8 Å². The van der Waals surface area contributed by atoms with Crippen LogP contribution in [0.25, 0.3) is 0 Å². The lowest BCUT2D eigenvalue weighted by atomic mass is 10.1. The Balaban J connectivity index is 2.39. The average Bonchev–Trinajstić information content (AvgIpc) is 2.35. The highest BCUT2D eigenvalue weighted by Crippen LogP contribution is 2.03. The van der Waals surface area contributed by atoms with Crippen LogP contribution in [0.2, 0.25) is 0 Å². The number of hydrogen-bond donors (Lipinski definition) is 2. The van der Waals surface area contributed by atoms with Gasteiger partial charge in [0, 0.05) is 32.9 Å². The van der Waals surface area contributed by atoms with Crippen molar-refractivity contribution in [3.63, 3.8) is 0 Å². The van der Waals surface area contributed by atoms with Crippen LogP contribution in [0.4, 0.5) is 0 Å². The van der Waals surface area contributed by atoms with Gasteiger partial charge >= 0.3 is 0 Å². The molecule has 0 atom stereocenters. The smallest absolute Gasteiger partial charge is 0.248 e. The predicted octanol–water partition coefficient (Wildman–Crippen LogP) is 0.494. The maximum Gasteiger partial charge on any atom is 0.248 e.